The summed E-state index contributed by atoms with van der Waals surface area (Å²) in [5.74, 6) is -1.76. The van der Waals surface area contributed by atoms with Crippen LogP contribution in [0.5, 0.6) is 5.75 Å². The van der Waals surface area contributed by atoms with Crippen molar-refractivity contribution in [3.05, 3.63) is 59.2 Å². The van der Waals surface area contributed by atoms with Gasteiger partial charge in [-0.05, 0) is 36.0 Å². The van der Waals surface area contributed by atoms with Crippen molar-refractivity contribution in [1.82, 2.24) is 5.32 Å². The number of benzene rings is 2. The van der Waals surface area contributed by atoms with Crippen molar-refractivity contribution in [2.45, 2.75) is 6.04 Å². The molecule has 3 nitrogen and oxygen atoms in total. The summed E-state index contributed by atoms with van der Waals surface area (Å²) in [4.78, 5) is 0. The number of halogens is 2. The van der Waals surface area contributed by atoms with Crippen LogP contribution in [0.1, 0.15) is 17.2 Å². The molecular formula is C14H10F2N2OS. The number of anilines is 1. The van der Waals surface area contributed by atoms with Crippen molar-refractivity contribution >= 4 is 23.0 Å². The zero-order valence-corrected chi connectivity index (χ0v) is 11.0. The molecule has 0 fully saturated rings. The highest BCUT2D eigenvalue weighted by Crippen LogP contribution is 2.34. The highest BCUT2D eigenvalue weighted by atomic mass is 32.1. The van der Waals surface area contributed by atoms with Gasteiger partial charge in [-0.1, -0.05) is 12.1 Å². The summed E-state index contributed by atoms with van der Waals surface area (Å²) in [6.07, 6.45) is 0. The van der Waals surface area contributed by atoms with Crippen molar-refractivity contribution in [3.8, 4) is 5.75 Å². The largest absolute Gasteiger partial charge is 0.508 e. The molecular weight excluding hydrogens is 282 g/mol. The smallest absolute Gasteiger partial charge is 0.171 e. The summed E-state index contributed by atoms with van der Waals surface area (Å²) >= 11 is 5.07. The maximum absolute atomic E-state index is 13.5. The van der Waals surface area contributed by atoms with Gasteiger partial charge < -0.3 is 15.7 Å². The Morgan fingerprint density at radius 2 is 1.85 bits per heavy atom. The highest BCUT2D eigenvalue weighted by molar-refractivity contribution is 7.80. The lowest BCUT2D eigenvalue weighted by molar-refractivity contribution is 0.473. The van der Waals surface area contributed by atoms with Crippen LogP contribution in [0.4, 0.5) is 14.5 Å². The van der Waals surface area contributed by atoms with Gasteiger partial charge in [0.15, 0.2) is 16.7 Å². The Bertz CT molecular complexity index is 706. The van der Waals surface area contributed by atoms with Gasteiger partial charge in [-0.15, -0.1) is 0 Å². The SMILES string of the molecule is Oc1cccc(C2NC(=S)Nc3cc(F)c(F)cc32)c1. The molecule has 102 valence electrons. The minimum Gasteiger partial charge on any atom is -0.508 e. The number of hydrogen-bond donors (Lipinski definition) is 3. The second kappa shape index (κ2) is 4.72. The molecule has 0 aliphatic carbocycles. The summed E-state index contributed by atoms with van der Waals surface area (Å²) in [5, 5.41) is 15.6. The minimum absolute atomic E-state index is 0.0953. The Morgan fingerprint density at radius 3 is 2.60 bits per heavy atom. The fourth-order valence-electron chi connectivity index (χ4n) is 2.24. The minimum atomic E-state index is -0.935. The molecule has 0 saturated heterocycles. The fraction of sp³-hybridized carbons (Fsp3) is 0.0714. The second-order valence-electron chi connectivity index (χ2n) is 4.48. The van der Waals surface area contributed by atoms with Crippen molar-refractivity contribution in [2.75, 3.05) is 5.32 Å². The predicted molar refractivity (Wildman–Crippen MR) is 75.7 cm³/mol. The van der Waals surface area contributed by atoms with E-state index < -0.39 is 17.7 Å². The van der Waals surface area contributed by atoms with E-state index in [0.717, 1.165) is 12.1 Å². The second-order valence-corrected chi connectivity index (χ2v) is 4.89. The molecule has 0 spiro atoms. The average molecular weight is 292 g/mol. The molecule has 0 aromatic heterocycles. The van der Waals surface area contributed by atoms with Crippen molar-refractivity contribution in [3.63, 3.8) is 0 Å². The van der Waals surface area contributed by atoms with Crippen LogP contribution < -0.4 is 10.6 Å². The van der Waals surface area contributed by atoms with Gasteiger partial charge in [0.25, 0.3) is 0 Å². The Kier molecular flexibility index (Phi) is 3.02. The Hall–Kier alpha value is -2.21. The molecule has 1 aliphatic rings. The summed E-state index contributed by atoms with van der Waals surface area (Å²) in [6.45, 7) is 0. The van der Waals surface area contributed by atoms with Crippen LogP contribution >= 0.6 is 12.2 Å². The van der Waals surface area contributed by atoms with Crippen LogP contribution in [0, 0.1) is 11.6 Å². The maximum atomic E-state index is 13.5. The lowest BCUT2D eigenvalue weighted by Crippen LogP contribution is -2.38. The monoisotopic (exact) mass is 292 g/mol. The molecule has 1 heterocycles. The van der Waals surface area contributed by atoms with Gasteiger partial charge in [0.2, 0.25) is 0 Å². The molecule has 1 unspecified atom stereocenters. The first-order valence-electron chi connectivity index (χ1n) is 5.90. The zero-order valence-electron chi connectivity index (χ0n) is 10.2. The molecule has 0 amide bonds. The highest BCUT2D eigenvalue weighted by Gasteiger charge is 2.25. The number of hydrogen-bond acceptors (Lipinski definition) is 2. The standard InChI is InChI=1S/C14H10F2N2OS/c15-10-5-9-12(6-11(10)16)17-14(20)18-13(9)7-2-1-3-8(19)4-7/h1-6,13,19H,(H2,17,18,20). The van der Waals surface area contributed by atoms with Gasteiger partial charge in [-0.3, -0.25) is 0 Å². The normalized spacial score (nSPS) is 17.1. The van der Waals surface area contributed by atoms with Crippen LogP contribution in [0.3, 0.4) is 0 Å². The molecule has 2 aromatic carbocycles. The lowest BCUT2D eigenvalue weighted by Gasteiger charge is -2.29. The van der Waals surface area contributed by atoms with E-state index in [0.29, 0.717) is 21.9 Å². The van der Waals surface area contributed by atoms with Crippen molar-refractivity contribution in [2.24, 2.45) is 0 Å². The molecule has 20 heavy (non-hydrogen) atoms. The summed E-state index contributed by atoms with van der Waals surface area (Å²) < 4.78 is 26.8. The van der Waals surface area contributed by atoms with Crippen LogP contribution in [0.2, 0.25) is 0 Å². The Labute approximate surface area is 119 Å². The first kappa shape index (κ1) is 12.8. The number of rotatable bonds is 1. The van der Waals surface area contributed by atoms with Gasteiger partial charge >= 0.3 is 0 Å². The molecule has 6 heteroatoms. The molecule has 3 N–H and O–H groups in total. The van der Waals surface area contributed by atoms with E-state index in [9.17, 15) is 13.9 Å². The van der Waals surface area contributed by atoms with E-state index in [4.69, 9.17) is 12.2 Å². The van der Waals surface area contributed by atoms with Crippen LogP contribution in [-0.4, -0.2) is 10.2 Å². The summed E-state index contributed by atoms with van der Waals surface area (Å²) in [7, 11) is 0. The van der Waals surface area contributed by atoms with Gasteiger partial charge in [0.1, 0.15) is 5.75 Å². The summed E-state index contributed by atoms with van der Waals surface area (Å²) in [5.41, 5.74) is 1.66. The van der Waals surface area contributed by atoms with Crippen LogP contribution in [-0.2, 0) is 0 Å². The van der Waals surface area contributed by atoms with E-state index in [1.807, 2.05) is 0 Å². The molecule has 0 saturated carbocycles. The first-order chi connectivity index (χ1) is 9.54. The van der Waals surface area contributed by atoms with Crippen LogP contribution in [0.15, 0.2) is 36.4 Å². The average Bonchev–Trinajstić information content (AvgIpc) is 2.40. The molecule has 0 radical (unpaired) electrons. The zero-order chi connectivity index (χ0) is 14.3. The molecule has 2 aromatic rings. The third-order valence-corrected chi connectivity index (χ3v) is 3.35. The quantitative estimate of drug-likeness (QED) is 0.707. The van der Waals surface area contributed by atoms with Gasteiger partial charge in [-0.25, -0.2) is 8.78 Å². The van der Waals surface area contributed by atoms with Gasteiger partial charge in [0, 0.05) is 17.3 Å². The van der Waals surface area contributed by atoms with Crippen molar-refractivity contribution in [1.29, 1.82) is 0 Å². The predicted octanol–water partition coefficient (Wildman–Crippen LogP) is 3.06. The van der Waals surface area contributed by atoms with Gasteiger partial charge in [-0.2, -0.15) is 0 Å². The molecule has 0 bridgehead atoms. The number of thiocarbonyl (C=S) groups is 1. The topological polar surface area (TPSA) is 44.3 Å². The number of phenols is 1. The van der Waals surface area contributed by atoms with Gasteiger partial charge in [0.05, 0.1) is 6.04 Å². The first-order valence-corrected chi connectivity index (χ1v) is 6.31. The maximum Gasteiger partial charge on any atom is 0.171 e. The van der Waals surface area contributed by atoms with Crippen molar-refractivity contribution < 1.29 is 13.9 Å². The molecule has 1 atom stereocenters. The summed E-state index contributed by atoms with van der Waals surface area (Å²) in [6, 6.07) is 8.30. The van der Waals surface area contributed by atoms with E-state index in [1.165, 1.54) is 6.07 Å². The van der Waals surface area contributed by atoms with E-state index in [1.54, 1.807) is 18.2 Å². The third-order valence-electron chi connectivity index (χ3n) is 3.13. The van der Waals surface area contributed by atoms with Crippen LogP contribution in [0.25, 0.3) is 0 Å². The number of phenolic OH excluding ortho intramolecular Hbond substituents is 1. The molecule has 1 aliphatic heterocycles. The Morgan fingerprint density at radius 1 is 1.10 bits per heavy atom. The van der Waals surface area contributed by atoms with E-state index in [-0.39, 0.29) is 5.75 Å². The number of fused-ring (bicyclic) bond motifs is 1. The third kappa shape index (κ3) is 2.18. The fourth-order valence-corrected chi connectivity index (χ4v) is 2.47. The lowest BCUT2D eigenvalue weighted by atomic mass is 9.95. The van der Waals surface area contributed by atoms with E-state index >= 15 is 0 Å². The van der Waals surface area contributed by atoms with E-state index in [2.05, 4.69) is 10.6 Å². The Balaban J connectivity index is 2.14. The number of nitrogens with one attached hydrogen (secondary N) is 2. The number of aromatic hydroxyl groups is 1. The molecule has 3 rings (SSSR count).